The van der Waals surface area contributed by atoms with E-state index in [9.17, 15) is 0 Å². The second-order valence-corrected chi connectivity index (χ2v) is 4.07. The highest BCUT2D eigenvalue weighted by Crippen LogP contribution is 2.17. The molecule has 88 valence electrons. The van der Waals surface area contributed by atoms with E-state index in [0.29, 0.717) is 11.6 Å². The van der Waals surface area contributed by atoms with E-state index in [0.717, 1.165) is 5.56 Å². The van der Waals surface area contributed by atoms with E-state index in [1.807, 2.05) is 31.2 Å². The zero-order valence-corrected chi connectivity index (χ0v) is 10.1. The van der Waals surface area contributed by atoms with Crippen LogP contribution in [0.25, 0.3) is 0 Å². The van der Waals surface area contributed by atoms with Crippen molar-refractivity contribution in [3.8, 4) is 6.01 Å². The van der Waals surface area contributed by atoms with Gasteiger partial charge in [-0.25, -0.2) is 4.98 Å². The van der Waals surface area contributed by atoms with Crippen LogP contribution in [0.3, 0.4) is 0 Å². The normalized spacial score (nSPS) is 10.2. The molecule has 2 N–H and O–H groups in total. The van der Waals surface area contributed by atoms with E-state index >= 15 is 0 Å². The quantitative estimate of drug-likeness (QED) is 0.908. The molecule has 0 aliphatic heterocycles. The van der Waals surface area contributed by atoms with Gasteiger partial charge in [0.1, 0.15) is 17.4 Å². The first-order chi connectivity index (χ1) is 8.15. The molecule has 0 fully saturated rings. The SMILES string of the molecule is Cc1ccc(COc2ncc(Cl)c(N)n2)cc1. The van der Waals surface area contributed by atoms with Crippen molar-refractivity contribution in [2.45, 2.75) is 13.5 Å². The van der Waals surface area contributed by atoms with Gasteiger partial charge in [0, 0.05) is 0 Å². The van der Waals surface area contributed by atoms with Crippen LogP contribution in [0.4, 0.5) is 5.82 Å². The summed E-state index contributed by atoms with van der Waals surface area (Å²) >= 11 is 5.71. The lowest BCUT2D eigenvalue weighted by Gasteiger charge is -2.05. The molecular formula is C12H12ClN3O. The minimum atomic E-state index is 0.223. The number of aryl methyl sites for hydroxylation is 1. The predicted octanol–water partition coefficient (Wildman–Crippen LogP) is 2.60. The number of nitrogens with two attached hydrogens (primary N) is 1. The number of halogens is 1. The number of rotatable bonds is 3. The Kier molecular flexibility index (Phi) is 3.44. The highest BCUT2D eigenvalue weighted by molar-refractivity contribution is 6.32. The van der Waals surface area contributed by atoms with Gasteiger partial charge in [-0.3, -0.25) is 0 Å². The van der Waals surface area contributed by atoms with Gasteiger partial charge in [-0.2, -0.15) is 4.98 Å². The molecule has 2 aromatic rings. The van der Waals surface area contributed by atoms with Crippen LogP contribution >= 0.6 is 11.6 Å². The lowest BCUT2D eigenvalue weighted by atomic mass is 10.2. The molecule has 0 radical (unpaired) electrons. The molecule has 17 heavy (non-hydrogen) atoms. The Morgan fingerprint density at radius 1 is 1.29 bits per heavy atom. The first-order valence-corrected chi connectivity index (χ1v) is 5.49. The fraction of sp³-hybridized carbons (Fsp3) is 0.167. The Morgan fingerprint density at radius 3 is 2.65 bits per heavy atom. The highest BCUT2D eigenvalue weighted by atomic mass is 35.5. The number of benzene rings is 1. The van der Waals surface area contributed by atoms with Crippen molar-refractivity contribution in [3.05, 3.63) is 46.6 Å². The standard InChI is InChI=1S/C12H12ClN3O/c1-8-2-4-9(5-3-8)7-17-12-15-6-10(13)11(14)16-12/h2-6H,7H2,1H3,(H2,14,15,16). The van der Waals surface area contributed by atoms with Crippen LogP contribution in [0, 0.1) is 6.92 Å². The molecule has 0 atom stereocenters. The molecule has 0 saturated carbocycles. The van der Waals surface area contributed by atoms with Crippen molar-refractivity contribution in [1.82, 2.24) is 9.97 Å². The largest absolute Gasteiger partial charge is 0.459 e. The van der Waals surface area contributed by atoms with Gasteiger partial charge in [0.05, 0.1) is 6.20 Å². The highest BCUT2D eigenvalue weighted by Gasteiger charge is 2.03. The second-order valence-electron chi connectivity index (χ2n) is 3.66. The van der Waals surface area contributed by atoms with Crippen molar-refractivity contribution >= 4 is 17.4 Å². The molecule has 0 spiro atoms. The van der Waals surface area contributed by atoms with Crippen molar-refractivity contribution < 1.29 is 4.74 Å². The number of nitrogen functional groups attached to an aromatic ring is 1. The third kappa shape index (κ3) is 3.07. The van der Waals surface area contributed by atoms with Crippen molar-refractivity contribution in [1.29, 1.82) is 0 Å². The Bertz CT molecular complexity index is 514. The van der Waals surface area contributed by atoms with E-state index in [4.69, 9.17) is 22.1 Å². The first-order valence-electron chi connectivity index (χ1n) is 5.11. The van der Waals surface area contributed by atoms with E-state index < -0.39 is 0 Å². The Morgan fingerprint density at radius 2 is 2.00 bits per heavy atom. The second kappa shape index (κ2) is 5.01. The van der Waals surface area contributed by atoms with Crippen LogP contribution < -0.4 is 10.5 Å². The molecule has 5 heteroatoms. The summed E-state index contributed by atoms with van der Waals surface area (Å²) in [6, 6.07) is 8.27. The van der Waals surface area contributed by atoms with E-state index in [1.54, 1.807) is 0 Å². The van der Waals surface area contributed by atoms with Crippen molar-refractivity contribution in [2.24, 2.45) is 0 Å². The van der Waals surface area contributed by atoms with Gasteiger partial charge >= 0.3 is 6.01 Å². The van der Waals surface area contributed by atoms with Crippen LogP contribution in [0.5, 0.6) is 6.01 Å². The monoisotopic (exact) mass is 249 g/mol. The number of ether oxygens (including phenoxy) is 1. The van der Waals surface area contributed by atoms with Crippen LogP contribution in [0.1, 0.15) is 11.1 Å². The van der Waals surface area contributed by atoms with Gasteiger partial charge in [0.15, 0.2) is 0 Å². The van der Waals surface area contributed by atoms with Gasteiger partial charge < -0.3 is 10.5 Å². The summed E-state index contributed by atoms with van der Waals surface area (Å²) in [5, 5.41) is 0.327. The molecule has 1 heterocycles. The third-order valence-corrected chi connectivity index (χ3v) is 2.53. The zero-order chi connectivity index (χ0) is 12.3. The maximum absolute atomic E-state index is 5.71. The van der Waals surface area contributed by atoms with Gasteiger partial charge in [0.2, 0.25) is 0 Å². The van der Waals surface area contributed by atoms with Crippen molar-refractivity contribution in [2.75, 3.05) is 5.73 Å². The van der Waals surface area contributed by atoms with Crippen molar-refractivity contribution in [3.63, 3.8) is 0 Å². The summed E-state index contributed by atoms with van der Waals surface area (Å²) < 4.78 is 5.41. The molecule has 0 aliphatic carbocycles. The Balaban J connectivity index is 2.02. The lowest BCUT2D eigenvalue weighted by Crippen LogP contribution is -2.01. The minimum absolute atomic E-state index is 0.223. The summed E-state index contributed by atoms with van der Waals surface area (Å²) in [5.74, 6) is 0.223. The molecule has 0 bridgehead atoms. The molecular weight excluding hydrogens is 238 g/mol. The van der Waals surface area contributed by atoms with Crippen LogP contribution in [0.2, 0.25) is 5.02 Å². The van der Waals surface area contributed by atoms with E-state index in [-0.39, 0.29) is 11.8 Å². The van der Waals surface area contributed by atoms with Gasteiger partial charge in [-0.05, 0) is 12.5 Å². The maximum atomic E-state index is 5.71. The first kappa shape index (κ1) is 11.7. The molecule has 1 aromatic heterocycles. The third-order valence-electron chi connectivity index (χ3n) is 2.24. The fourth-order valence-corrected chi connectivity index (χ4v) is 1.36. The maximum Gasteiger partial charge on any atom is 0.318 e. The predicted molar refractivity (Wildman–Crippen MR) is 67.0 cm³/mol. The average molecular weight is 250 g/mol. The minimum Gasteiger partial charge on any atom is -0.459 e. The molecule has 0 unspecified atom stereocenters. The molecule has 2 rings (SSSR count). The molecule has 0 aliphatic rings. The summed E-state index contributed by atoms with van der Waals surface area (Å²) in [5.41, 5.74) is 7.80. The number of nitrogens with zero attached hydrogens (tertiary/aromatic N) is 2. The molecule has 0 amide bonds. The fourth-order valence-electron chi connectivity index (χ4n) is 1.27. The molecule has 0 saturated heterocycles. The smallest absolute Gasteiger partial charge is 0.318 e. The summed E-state index contributed by atoms with van der Waals surface area (Å²) in [6.45, 7) is 2.44. The van der Waals surface area contributed by atoms with Crippen LogP contribution in [-0.4, -0.2) is 9.97 Å². The van der Waals surface area contributed by atoms with Gasteiger partial charge in [-0.1, -0.05) is 41.4 Å². The number of hydrogen-bond donors (Lipinski definition) is 1. The number of anilines is 1. The van der Waals surface area contributed by atoms with Gasteiger partial charge in [0.25, 0.3) is 0 Å². The number of aromatic nitrogens is 2. The summed E-state index contributed by atoms with van der Waals surface area (Å²) in [4.78, 5) is 7.84. The lowest BCUT2D eigenvalue weighted by molar-refractivity contribution is 0.281. The topological polar surface area (TPSA) is 61.0 Å². The summed E-state index contributed by atoms with van der Waals surface area (Å²) in [7, 11) is 0. The number of hydrogen-bond acceptors (Lipinski definition) is 4. The average Bonchev–Trinajstić information content (AvgIpc) is 2.33. The molecule has 1 aromatic carbocycles. The molecule has 4 nitrogen and oxygen atoms in total. The summed E-state index contributed by atoms with van der Waals surface area (Å²) in [6.07, 6.45) is 1.42. The van der Waals surface area contributed by atoms with Gasteiger partial charge in [-0.15, -0.1) is 0 Å². The van der Waals surface area contributed by atoms with Crippen LogP contribution in [-0.2, 0) is 6.61 Å². The Labute approximate surface area is 104 Å². The Hall–Kier alpha value is -1.81. The van der Waals surface area contributed by atoms with E-state index in [1.165, 1.54) is 11.8 Å². The van der Waals surface area contributed by atoms with Crippen LogP contribution in [0.15, 0.2) is 30.5 Å². The van der Waals surface area contributed by atoms with E-state index in [2.05, 4.69) is 9.97 Å². The zero-order valence-electron chi connectivity index (χ0n) is 9.35.